The Morgan fingerprint density at radius 3 is 2.52 bits per heavy atom. The summed E-state index contributed by atoms with van der Waals surface area (Å²) in [5, 5.41) is 16.5. The second-order valence-electron chi connectivity index (χ2n) is 7.77. The summed E-state index contributed by atoms with van der Waals surface area (Å²) in [6.45, 7) is 3.29. The summed E-state index contributed by atoms with van der Waals surface area (Å²) in [4.78, 5) is 29.8. The molecule has 0 saturated carbocycles. The lowest BCUT2D eigenvalue weighted by atomic mass is 10.1. The van der Waals surface area contributed by atoms with Crippen molar-refractivity contribution in [2.45, 2.75) is 19.9 Å². The first-order valence-electron chi connectivity index (χ1n) is 10.8. The van der Waals surface area contributed by atoms with Gasteiger partial charge in [-0.25, -0.2) is 4.98 Å². The molecule has 0 unspecified atom stereocenters. The quantitative estimate of drug-likeness (QED) is 0.360. The summed E-state index contributed by atoms with van der Waals surface area (Å²) >= 11 is 1.63. The number of nitrogens with zero attached hydrogens (tertiary/aromatic N) is 2. The second-order valence-corrected chi connectivity index (χ2v) is 8.61. The van der Waals surface area contributed by atoms with Crippen molar-refractivity contribution in [3.05, 3.63) is 83.2 Å². The molecule has 4 rings (SSSR count). The van der Waals surface area contributed by atoms with Crippen molar-refractivity contribution in [1.82, 2.24) is 10.3 Å². The van der Waals surface area contributed by atoms with E-state index in [1.54, 1.807) is 23.5 Å². The first kappa shape index (κ1) is 22.5. The van der Waals surface area contributed by atoms with Gasteiger partial charge in [-0.2, -0.15) is 0 Å². The molecular weight excluding hydrogens is 434 g/mol. The zero-order valence-electron chi connectivity index (χ0n) is 18.3. The maximum Gasteiger partial charge on any atom is 0.322 e. The Morgan fingerprint density at radius 1 is 1.03 bits per heavy atom. The number of hydrogen-bond acceptors (Lipinski definition) is 5. The Kier molecular flexibility index (Phi) is 7.00. The number of anilines is 1. The molecule has 0 atom stereocenters. The predicted octanol–water partition coefficient (Wildman–Crippen LogP) is 5.19. The van der Waals surface area contributed by atoms with Gasteiger partial charge in [0, 0.05) is 29.6 Å². The minimum absolute atomic E-state index is 0.394. The van der Waals surface area contributed by atoms with Crippen LogP contribution in [0.2, 0.25) is 0 Å². The fraction of sp³-hybridized carbons (Fsp3) is 0.192. The number of carboxylic acids is 1. The number of fused-ring (bicyclic) bond motifs is 1. The monoisotopic (exact) mass is 459 g/mol. The SMILES string of the molecule is CCCN(Cc1ccc(C(=O)NCC(=O)O)cc1)c1nc(-c2ccc3ccccc3c2)cs1. The van der Waals surface area contributed by atoms with Crippen molar-refractivity contribution in [2.75, 3.05) is 18.0 Å². The fourth-order valence-corrected chi connectivity index (χ4v) is 4.50. The van der Waals surface area contributed by atoms with E-state index in [1.807, 2.05) is 24.3 Å². The van der Waals surface area contributed by atoms with Crippen molar-refractivity contribution in [1.29, 1.82) is 0 Å². The van der Waals surface area contributed by atoms with Crippen LogP contribution in [-0.2, 0) is 11.3 Å². The lowest BCUT2D eigenvalue weighted by Gasteiger charge is -2.21. The molecule has 0 bridgehead atoms. The van der Waals surface area contributed by atoms with E-state index in [4.69, 9.17) is 10.1 Å². The number of rotatable bonds is 9. The van der Waals surface area contributed by atoms with Crippen LogP contribution in [0.25, 0.3) is 22.0 Å². The number of thiazole rings is 1. The van der Waals surface area contributed by atoms with Gasteiger partial charge in [0.15, 0.2) is 5.13 Å². The van der Waals surface area contributed by atoms with Crippen LogP contribution in [0.15, 0.2) is 72.1 Å². The van der Waals surface area contributed by atoms with Crippen LogP contribution >= 0.6 is 11.3 Å². The summed E-state index contributed by atoms with van der Waals surface area (Å²) in [5.41, 5.74) is 3.56. The van der Waals surface area contributed by atoms with E-state index in [-0.39, 0.29) is 0 Å². The molecule has 0 saturated heterocycles. The molecule has 0 spiro atoms. The van der Waals surface area contributed by atoms with Crippen LogP contribution in [0.4, 0.5) is 5.13 Å². The van der Waals surface area contributed by atoms with Crippen molar-refractivity contribution in [3.8, 4) is 11.3 Å². The van der Waals surface area contributed by atoms with Gasteiger partial charge in [-0.05, 0) is 41.0 Å². The molecule has 3 aromatic carbocycles. The molecule has 6 nitrogen and oxygen atoms in total. The second kappa shape index (κ2) is 10.3. The normalized spacial score (nSPS) is 10.8. The number of aromatic nitrogens is 1. The molecule has 0 aliphatic rings. The molecule has 2 N–H and O–H groups in total. The summed E-state index contributed by atoms with van der Waals surface area (Å²) in [6, 6.07) is 22.0. The topological polar surface area (TPSA) is 82.5 Å². The van der Waals surface area contributed by atoms with E-state index >= 15 is 0 Å². The van der Waals surface area contributed by atoms with Crippen LogP contribution in [-0.4, -0.2) is 35.1 Å². The smallest absolute Gasteiger partial charge is 0.322 e. The third kappa shape index (κ3) is 5.56. The zero-order chi connectivity index (χ0) is 23.2. The van der Waals surface area contributed by atoms with Crippen LogP contribution in [0.5, 0.6) is 0 Å². The van der Waals surface area contributed by atoms with Crippen molar-refractivity contribution < 1.29 is 14.7 Å². The Labute approximate surface area is 196 Å². The van der Waals surface area contributed by atoms with Crippen molar-refractivity contribution in [2.24, 2.45) is 0 Å². The number of carbonyl (C=O) groups excluding carboxylic acids is 1. The van der Waals surface area contributed by atoms with Gasteiger partial charge in [-0.3, -0.25) is 9.59 Å². The molecular formula is C26H25N3O3S. The minimum atomic E-state index is -1.07. The summed E-state index contributed by atoms with van der Waals surface area (Å²) in [6.07, 6.45) is 0.987. The Morgan fingerprint density at radius 2 is 1.79 bits per heavy atom. The molecule has 7 heteroatoms. The molecule has 1 aromatic heterocycles. The van der Waals surface area contributed by atoms with E-state index in [2.05, 4.69) is 52.9 Å². The van der Waals surface area contributed by atoms with Gasteiger partial charge in [0.05, 0.1) is 5.69 Å². The van der Waals surface area contributed by atoms with E-state index in [9.17, 15) is 9.59 Å². The molecule has 1 heterocycles. The van der Waals surface area contributed by atoms with Gasteiger partial charge in [-0.15, -0.1) is 11.3 Å². The number of nitrogens with one attached hydrogen (secondary N) is 1. The largest absolute Gasteiger partial charge is 0.480 e. The number of amides is 1. The Bertz CT molecular complexity index is 1270. The third-order valence-electron chi connectivity index (χ3n) is 5.29. The van der Waals surface area contributed by atoms with E-state index in [0.29, 0.717) is 12.1 Å². The molecule has 0 aliphatic heterocycles. The highest BCUT2D eigenvalue weighted by molar-refractivity contribution is 7.14. The summed E-state index contributed by atoms with van der Waals surface area (Å²) in [7, 11) is 0. The Hall–Kier alpha value is -3.71. The van der Waals surface area contributed by atoms with Gasteiger partial charge in [-0.1, -0.05) is 55.5 Å². The average molecular weight is 460 g/mol. The number of carbonyl (C=O) groups is 2. The van der Waals surface area contributed by atoms with Crippen LogP contribution < -0.4 is 10.2 Å². The molecule has 4 aromatic rings. The first-order valence-corrected chi connectivity index (χ1v) is 11.7. The fourth-order valence-electron chi connectivity index (χ4n) is 3.64. The first-order chi connectivity index (χ1) is 16.0. The van der Waals surface area contributed by atoms with Gasteiger partial charge in [0.2, 0.25) is 0 Å². The van der Waals surface area contributed by atoms with E-state index in [1.165, 1.54) is 10.8 Å². The number of aliphatic carboxylic acids is 1. The van der Waals surface area contributed by atoms with Gasteiger partial charge >= 0.3 is 5.97 Å². The van der Waals surface area contributed by atoms with E-state index in [0.717, 1.165) is 34.9 Å². The molecule has 168 valence electrons. The van der Waals surface area contributed by atoms with Crippen LogP contribution in [0.1, 0.15) is 29.3 Å². The van der Waals surface area contributed by atoms with Crippen LogP contribution in [0, 0.1) is 0 Å². The van der Waals surface area contributed by atoms with Crippen LogP contribution in [0.3, 0.4) is 0 Å². The van der Waals surface area contributed by atoms with Gasteiger partial charge in [0.25, 0.3) is 5.91 Å². The van der Waals surface area contributed by atoms with Gasteiger partial charge < -0.3 is 15.3 Å². The van der Waals surface area contributed by atoms with Gasteiger partial charge in [0.1, 0.15) is 6.54 Å². The highest BCUT2D eigenvalue weighted by atomic mass is 32.1. The maximum absolute atomic E-state index is 12.0. The lowest BCUT2D eigenvalue weighted by Crippen LogP contribution is -2.29. The molecule has 33 heavy (non-hydrogen) atoms. The highest BCUT2D eigenvalue weighted by Crippen LogP contribution is 2.30. The number of benzene rings is 3. The number of hydrogen-bond donors (Lipinski definition) is 2. The minimum Gasteiger partial charge on any atom is -0.480 e. The molecule has 0 aliphatic carbocycles. The molecule has 1 amide bonds. The summed E-state index contributed by atoms with van der Waals surface area (Å²) in [5.74, 6) is -1.46. The third-order valence-corrected chi connectivity index (χ3v) is 6.19. The zero-order valence-corrected chi connectivity index (χ0v) is 19.1. The Balaban J connectivity index is 1.49. The standard InChI is InChI=1S/C26H25N3O3S/c1-2-13-29(16-18-7-9-20(10-8-18)25(32)27-15-24(30)31)26-28-23(17-33-26)22-12-11-19-5-3-4-6-21(19)14-22/h3-12,14,17H,2,13,15-16H2,1H3,(H,27,32)(H,30,31). The lowest BCUT2D eigenvalue weighted by molar-refractivity contribution is -0.135. The van der Waals surface area contributed by atoms with Crippen molar-refractivity contribution in [3.63, 3.8) is 0 Å². The maximum atomic E-state index is 12.0. The number of carboxylic acid groups (broad SMARTS) is 1. The summed E-state index contributed by atoms with van der Waals surface area (Å²) < 4.78 is 0. The molecule has 0 radical (unpaired) electrons. The highest BCUT2D eigenvalue weighted by Gasteiger charge is 2.14. The predicted molar refractivity (Wildman–Crippen MR) is 133 cm³/mol. The van der Waals surface area contributed by atoms with E-state index < -0.39 is 18.4 Å². The van der Waals surface area contributed by atoms with Crippen molar-refractivity contribution >= 4 is 39.1 Å². The average Bonchev–Trinajstić information content (AvgIpc) is 3.33. The molecule has 0 fully saturated rings.